The molecular formula is C23H28N4OS. The fourth-order valence-electron chi connectivity index (χ4n) is 4.06. The first kappa shape index (κ1) is 19.9. The highest BCUT2D eigenvalue weighted by molar-refractivity contribution is 7.17. The van der Waals surface area contributed by atoms with E-state index in [1.54, 1.807) is 11.3 Å². The van der Waals surface area contributed by atoms with E-state index in [1.807, 2.05) is 30.8 Å². The van der Waals surface area contributed by atoms with E-state index >= 15 is 0 Å². The van der Waals surface area contributed by atoms with E-state index in [1.165, 1.54) is 5.56 Å². The van der Waals surface area contributed by atoms with Crippen molar-refractivity contribution >= 4 is 17.2 Å². The number of likely N-dealkylation sites (tertiary alicyclic amines) is 1. The summed E-state index contributed by atoms with van der Waals surface area (Å²) in [5.74, 6) is 0.0435. The average molecular weight is 409 g/mol. The normalized spacial score (nSPS) is 15.6. The van der Waals surface area contributed by atoms with Crippen LogP contribution >= 0.6 is 11.3 Å². The van der Waals surface area contributed by atoms with Crippen LogP contribution in [-0.4, -0.2) is 39.7 Å². The van der Waals surface area contributed by atoms with Crippen molar-refractivity contribution in [3.8, 4) is 10.4 Å². The van der Waals surface area contributed by atoms with Crippen LogP contribution in [0.25, 0.3) is 10.4 Å². The van der Waals surface area contributed by atoms with Crippen molar-refractivity contribution in [1.29, 1.82) is 0 Å². The number of thiophene rings is 1. The molecule has 0 spiro atoms. The summed E-state index contributed by atoms with van der Waals surface area (Å²) in [6, 6.07) is 14.8. The zero-order chi connectivity index (χ0) is 20.4. The van der Waals surface area contributed by atoms with Gasteiger partial charge in [0.25, 0.3) is 5.91 Å². The lowest BCUT2D eigenvalue weighted by molar-refractivity contribution is 0.0913. The van der Waals surface area contributed by atoms with Crippen molar-refractivity contribution in [2.24, 2.45) is 7.05 Å². The quantitative estimate of drug-likeness (QED) is 0.690. The van der Waals surface area contributed by atoms with E-state index in [9.17, 15) is 4.79 Å². The molecule has 0 atom stereocenters. The molecule has 1 N–H and O–H groups in total. The van der Waals surface area contributed by atoms with Crippen LogP contribution in [0, 0.1) is 13.8 Å². The lowest BCUT2D eigenvalue weighted by atomic mass is 10.0. The van der Waals surface area contributed by atoms with Gasteiger partial charge in [-0.2, -0.15) is 5.10 Å². The molecule has 1 saturated heterocycles. The Hall–Kier alpha value is -2.44. The van der Waals surface area contributed by atoms with Crippen LogP contribution in [0.3, 0.4) is 0 Å². The predicted octanol–water partition coefficient (Wildman–Crippen LogP) is 4.16. The molecule has 1 fully saturated rings. The third-order valence-corrected chi connectivity index (χ3v) is 6.86. The average Bonchev–Trinajstić information content (AvgIpc) is 3.29. The molecule has 0 aliphatic carbocycles. The summed E-state index contributed by atoms with van der Waals surface area (Å²) in [7, 11) is 1.96. The molecule has 1 aliphatic heterocycles. The van der Waals surface area contributed by atoms with Gasteiger partial charge < -0.3 is 5.32 Å². The van der Waals surface area contributed by atoms with Crippen LogP contribution in [0.15, 0.2) is 42.5 Å². The van der Waals surface area contributed by atoms with Crippen molar-refractivity contribution in [2.75, 3.05) is 13.1 Å². The number of aryl methyl sites for hydroxylation is 2. The van der Waals surface area contributed by atoms with Crippen LogP contribution in [0.1, 0.15) is 39.5 Å². The Labute approximate surface area is 176 Å². The van der Waals surface area contributed by atoms with Crippen molar-refractivity contribution in [3.63, 3.8) is 0 Å². The van der Waals surface area contributed by atoms with E-state index in [0.29, 0.717) is 0 Å². The second kappa shape index (κ2) is 8.51. The van der Waals surface area contributed by atoms with Gasteiger partial charge in [-0.15, -0.1) is 11.3 Å². The summed E-state index contributed by atoms with van der Waals surface area (Å²) in [5.41, 5.74) is 4.62. The second-order valence-electron chi connectivity index (χ2n) is 7.84. The summed E-state index contributed by atoms with van der Waals surface area (Å²) >= 11 is 1.55. The molecule has 0 unspecified atom stereocenters. The maximum absolute atomic E-state index is 12.8. The minimum absolute atomic E-state index is 0.0435. The molecule has 3 aromatic rings. The molecule has 0 radical (unpaired) electrons. The molecule has 5 nitrogen and oxygen atoms in total. The monoisotopic (exact) mass is 408 g/mol. The number of rotatable bonds is 5. The van der Waals surface area contributed by atoms with Crippen LogP contribution < -0.4 is 5.32 Å². The number of nitrogens with zero attached hydrogens (tertiary/aromatic N) is 3. The number of carbonyl (C=O) groups is 1. The van der Waals surface area contributed by atoms with Gasteiger partial charge in [0.1, 0.15) is 0 Å². The Morgan fingerprint density at radius 1 is 1.14 bits per heavy atom. The number of piperidine rings is 1. The first-order valence-electron chi connectivity index (χ1n) is 10.2. The summed E-state index contributed by atoms with van der Waals surface area (Å²) in [4.78, 5) is 17.1. The SMILES string of the molecule is Cc1nn(C)c(C)c1-c1ccc(C(=O)NC2CCN(Cc3ccccc3)CC2)s1. The fraction of sp³-hybridized carbons (Fsp3) is 0.391. The van der Waals surface area contributed by atoms with Crippen molar-refractivity contribution in [1.82, 2.24) is 20.0 Å². The van der Waals surface area contributed by atoms with E-state index in [2.05, 4.69) is 52.6 Å². The smallest absolute Gasteiger partial charge is 0.261 e. The maximum Gasteiger partial charge on any atom is 0.261 e. The van der Waals surface area contributed by atoms with Crippen LogP contribution in [-0.2, 0) is 13.6 Å². The Balaban J connectivity index is 1.33. The molecule has 29 heavy (non-hydrogen) atoms. The van der Waals surface area contributed by atoms with Gasteiger partial charge in [-0.3, -0.25) is 14.4 Å². The summed E-state index contributed by atoms with van der Waals surface area (Å²) in [6.45, 7) is 7.11. The Morgan fingerprint density at radius 2 is 1.86 bits per heavy atom. The number of hydrogen-bond acceptors (Lipinski definition) is 4. The molecule has 3 heterocycles. The molecule has 0 saturated carbocycles. The topological polar surface area (TPSA) is 50.2 Å². The third kappa shape index (κ3) is 4.43. The summed E-state index contributed by atoms with van der Waals surface area (Å²) in [5, 5.41) is 7.73. The predicted molar refractivity (Wildman–Crippen MR) is 118 cm³/mol. The van der Waals surface area contributed by atoms with Gasteiger partial charge in [0.05, 0.1) is 10.6 Å². The lowest BCUT2D eigenvalue weighted by Crippen LogP contribution is -2.44. The van der Waals surface area contributed by atoms with E-state index in [-0.39, 0.29) is 11.9 Å². The lowest BCUT2D eigenvalue weighted by Gasteiger charge is -2.32. The molecule has 0 bridgehead atoms. The summed E-state index contributed by atoms with van der Waals surface area (Å²) < 4.78 is 1.90. The Morgan fingerprint density at radius 3 is 2.52 bits per heavy atom. The molecule has 4 rings (SSSR count). The zero-order valence-corrected chi connectivity index (χ0v) is 18.1. The van der Waals surface area contributed by atoms with Crippen molar-refractivity contribution < 1.29 is 4.79 Å². The third-order valence-electron chi connectivity index (χ3n) is 5.76. The van der Waals surface area contributed by atoms with Crippen LogP contribution in [0.5, 0.6) is 0 Å². The molecule has 2 aromatic heterocycles. The fourth-order valence-corrected chi connectivity index (χ4v) is 5.12. The van der Waals surface area contributed by atoms with Gasteiger partial charge in [0.2, 0.25) is 0 Å². The van der Waals surface area contributed by atoms with Gasteiger partial charge in [-0.25, -0.2) is 0 Å². The highest BCUT2D eigenvalue weighted by Crippen LogP contribution is 2.32. The standard InChI is InChI=1S/C23H28N4OS/c1-16-22(17(2)26(3)25-16)20-9-10-21(29-20)23(28)24-19-11-13-27(14-12-19)15-18-7-5-4-6-8-18/h4-10,19H,11-15H2,1-3H3,(H,24,28). The van der Waals surface area contributed by atoms with Crippen LogP contribution in [0.2, 0.25) is 0 Å². The Bertz CT molecular complexity index is 984. The molecular weight excluding hydrogens is 380 g/mol. The second-order valence-corrected chi connectivity index (χ2v) is 8.93. The molecule has 6 heteroatoms. The van der Waals surface area contributed by atoms with Gasteiger partial charge >= 0.3 is 0 Å². The molecule has 1 amide bonds. The van der Waals surface area contributed by atoms with E-state index in [4.69, 9.17) is 0 Å². The van der Waals surface area contributed by atoms with Gasteiger partial charge in [0.15, 0.2) is 0 Å². The molecule has 1 aromatic carbocycles. The minimum Gasteiger partial charge on any atom is -0.349 e. The largest absolute Gasteiger partial charge is 0.349 e. The maximum atomic E-state index is 12.8. The molecule has 152 valence electrons. The number of nitrogens with one attached hydrogen (secondary N) is 1. The van der Waals surface area contributed by atoms with Gasteiger partial charge in [-0.1, -0.05) is 30.3 Å². The number of aromatic nitrogens is 2. The first-order chi connectivity index (χ1) is 14.0. The Kier molecular flexibility index (Phi) is 5.83. The van der Waals surface area contributed by atoms with Gasteiger partial charge in [-0.05, 0) is 44.4 Å². The highest BCUT2D eigenvalue weighted by Gasteiger charge is 2.22. The number of hydrogen-bond donors (Lipinski definition) is 1. The van der Waals surface area contributed by atoms with Crippen molar-refractivity contribution in [2.45, 2.75) is 39.3 Å². The number of carbonyl (C=O) groups excluding carboxylic acids is 1. The minimum atomic E-state index is 0.0435. The first-order valence-corrected chi connectivity index (χ1v) is 11.0. The van der Waals surface area contributed by atoms with Crippen LogP contribution in [0.4, 0.5) is 0 Å². The van der Waals surface area contributed by atoms with E-state index in [0.717, 1.165) is 59.2 Å². The van der Waals surface area contributed by atoms with Gasteiger partial charge in [0, 0.05) is 48.9 Å². The van der Waals surface area contributed by atoms with E-state index < -0.39 is 0 Å². The highest BCUT2D eigenvalue weighted by atomic mass is 32.1. The number of benzene rings is 1. The molecule has 1 aliphatic rings. The summed E-state index contributed by atoms with van der Waals surface area (Å²) in [6.07, 6.45) is 2.00. The number of amides is 1. The van der Waals surface area contributed by atoms with Crippen molar-refractivity contribution in [3.05, 3.63) is 64.3 Å². The zero-order valence-electron chi connectivity index (χ0n) is 17.3.